The molecule has 0 saturated carbocycles. The van der Waals surface area contributed by atoms with Gasteiger partial charge in [0.05, 0.1) is 0 Å². The molecular formula is C10H15NO2. The summed E-state index contributed by atoms with van der Waals surface area (Å²) in [4.78, 5) is 9.84. The van der Waals surface area contributed by atoms with E-state index in [1.54, 1.807) is 6.08 Å². The van der Waals surface area contributed by atoms with Crippen molar-refractivity contribution >= 4 is 0 Å². The van der Waals surface area contributed by atoms with Gasteiger partial charge in [-0.2, -0.15) is 0 Å². The van der Waals surface area contributed by atoms with Crippen LogP contribution >= 0.6 is 0 Å². The summed E-state index contributed by atoms with van der Waals surface area (Å²) in [6, 6.07) is 0. The Balaban J connectivity index is 2.55. The molecule has 0 saturated heterocycles. The molecule has 0 aliphatic heterocycles. The van der Waals surface area contributed by atoms with Gasteiger partial charge in [-0.15, -0.1) is 0 Å². The maximum atomic E-state index is 10.1. The Hall–Kier alpha value is -1.12. The van der Waals surface area contributed by atoms with E-state index >= 15 is 0 Å². The quantitative estimate of drug-likeness (QED) is 0.381. The van der Waals surface area contributed by atoms with Gasteiger partial charge >= 0.3 is 0 Å². The Morgan fingerprint density at radius 1 is 1.77 bits per heavy atom. The molecule has 0 aromatic heterocycles. The topological polar surface area (TPSA) is 43.1 Å². The van der Waals surface area contributed by atoms with Gasteiger partial charge in [-0.25, -0.2) is 0 Å². The maximum absolute atomic E-state index is 10.1. The monoisotopic (exact) mass is 181 g/mol. The molecule has 0 amide bonds. The first-order valence-electron chi connectivity index (χ1n) is 4.56. The molecule has 1 aliphatic carbocycles. The first-order chi connectivity index (χ1) is 6.11. The lowest BCUT2D eigenvalue weighted by Gasteiger charge is -2.14. The van der Waals surface area contributed by atoms with Crippen molar-refractivity contribution in [2.24, 2.45) is 11.8 Å². The molecule has 2 unspecified atom stereocenters. The van der Waals surface area contributed by atoms with E-state index in [-0.39, 0.29) is 11.5 Å². The van der Waals surface area contributed by atoms with E-state index in [9.17, 15) is 10.1 Å². The highest BCUT2D eigenvalue weighted by molar-refractivity contribution is 5.16. The molecule has 3 heteroatoms. The van der Waals surface area contributed by atoms with Crippen molar-refractivity contribution in [1.82, 2.24) is 0 Å². The van der Waals surface area contributed by atoms with Crippen LogP contribution in [0.15, 0.2) is 23.8 Å². The summed E-state index contributed by atoms with van der Waals surface area (Å²) in [7, 11) is 0. The van der Waals surface area contributed by atoms with Crippen molar-refractivity contribution in [3.8, 4) is 0 Å². The maximum Gasteiger partial charge on any atom is 0.222 e. The largest absolute Gasteiger partial charge is 0.264 e. The fraction of sp³-hybridized carbons (Fsp3) is 0.600. The van der Waals surface area contributed by atoms with E-state index in [1.165, 1.54) is 0 Å². The lowest BCUT2D eigenvalue weighted by Crippen LogP contribution is -2.07. The highest BCUT2D eigenvalue weighted by atomic mass is 16.6. The van der Waals surface area contributed by atoms with Gasteiger partial charge < -0.3 is 0 Å². The zero-order valence-corrected chi connectivity index (χ0v) is 8.06. The minimum absolute atomic E-state index is 0.0527. The van der Waals surface area contributed by atoms with Crippen LogP contribution in [-0.4, -0.2) is 11.5 Å². The van der Waals surface area contributed by atoms with Gasteiger partial charge in [0.1, 0.15) is 0 Å². The average molecular weight is 181 g/mol. The predicted octanol–water partition coefficient (Wildman–Crippen LogP) is 2.42. The minimum atomic E-state index is -0.299. The number of nitro groups is 1. The molecule has 3 nitrogen and oxygen atoms in total. The van der Waals surface area contributed by atoms with Gasteiger partial charge in [0, 0.05) is 10.8 Å². The van der Waals surface area contributed by atoms with Crippen molar-refractivity contribution in [2.45, 2.75) is 20.3 Å². The van der Waals surface area contributed by atoms with Crippen molar-refractivity contribution < 1.29 is 4.92 Å². The summed E-state index contributed by atoms with van der Waals surface area (Å²) in [6.45, 7) is 4.09. The Kier molecular flexibility index (Phi) is 3.23. The molecule has 2 atom stereocenters. The summed E-state index contributed by atoms with van der Waals surface area (Å²) in [6.07, 6.45) is 7.11. The predicted molar refractivity (Wildman–Crippen MR) is 52.0 cm³/mol. The van der Waals surface area contributed by atoms with Gasteiger partial charge in [0.15, 0.2) is 0 Å². The highest BCUT2D eigenvalue weighted by Crippen LogP contribution is 2.30. The number of allylic oxidation sites excluding steroid dienone is 3. The molecule has 0 N–H and O–H groups in total. The second kappa shape index (κ2) is 4.21. The SMILES string of the molecule is C/C(=C\C[N+](=O)[O-])C1C=CCC1C. The Morgan fingerprint density at radius 2 is 2.46 bits per heavy atom. The zero-order valence-electron chi connectivity index (χ0n) is 8.06. The summed E-state index contributed by atoms with van der Waals surface area (Å²) < 4.78 is 0. The third-order valence-corrected chi connectivity index (χ3v) is 2.55. The molecule has 0 aromatic rings. The smallest absolute Gasteiger partial charge is 0.222 e. The summed E-state index contributed by atoms with van der Waals surface area (Å²) in [5.74, 6) is 1.02. The molecule has 1 aliphatic rings. The third kappa shape index (κ3) is 2.68. The average Bonchev–Trinajstić information content (AvgIpc) is 2.47. The van der Waals surface area contributed by atoms with E-state index in [2.05, 4.69) is 19.1 Å². The normalized spacial score (nSPS) is 28.0. The third-order valence-electron chi connectivity index (χ3n) is 2.55. The van der Waals surface area contributed by atoms with Crippen LogP contribution in [0, 0.1) is 22.0 Å². The van der Waals surface area contributed by atoms with Crippen LogP contribution in [0.1, 0.15) is 20.3 Å². The number of hydrogen-bond acceptors (Lipinski definition) is 2. The molecule has 0 fully saturated rings. The molecule has 0 radical (unpaired) electrons. The van der Waals surface area contributed by atoms with Crippen molar-refractivity contribution in [3.63, 3.8) is 0 Å². The van der Waals surface area contributed by atoms with Crippen LogP contribution in [0.25, 0.3) is 0 Å². The second-order valence-electron chi connectivity index (χ2n) is 3.63. The molecule has 72 valence electrons. The van der Waals surface area contributed by atoms with Gasteiger partial charge in [-0.3, -0.25) is 10.1 Å². The van der Waals surface area contributed by atoms with Crippen molar-refractivity contribution in [2.75, 3.05) is 6.54 Å². The van der Waals surface area contributed by atoms with Crippen LogP contribution in [-0.2, 0) is 0 Å². The summed E-state index contributed by atoms with van der Waals surface area (Å²) >= 11 is 0. The molecule has 0 aromatic carbocycles. The Labute approximate surface area is 78.3 Å². The van der Waals surface area contributed by atoms with Crippen LogP contribution in [0.2, 0.25) is 0 Å². The van der Waals surface area contributed by atoms with E-state index in [1.807, 2.05) is 6.92 Å². The zero-order chi connectivity index (χ0) is 9.84. The van der Waals surface area contributed by atoms with E-state index in [0.717, 1.165) is 12.0 Å². The van der Waals surface area contributed by atoms with E-state index in [4.69, 9.17) is 0 Å². The van der Waals surface area contributed by atoms with Crippen LogP contribution < -0.4 is 0 Å². The molecule has 1 rings (SSSR count). The first-order valence-corrected chi connectivity index (χ1v) is 4.56. The van der Waals surface area contributed by atoms with Gasteiger partial charge in [-0.05, 0) is 25.3 Å². The molecule has 0 bridgehead atoms. The van der Waals surface area contributed by atoms with Crippen LogP contribution in [0.3, 0.4) is 0 Å². The van der Waals surface area contributed by atoms with Gasteiger partial charge in [-0.1, -0.05) is 24.6 Å². The summed E-state index contributed by atoms with van der Waals surface area (Å²) in [5, 5.41) is 10.1. The van der Waals surface area contributed by atoms with Crippen LogP contribution in [0.5, 0.6) is 0 Å². The number of nitrogens with zero attached hydrogens (tertiary/aromatic N) is 1. The standard InChI is InChI=1S/C10H15NO2/c1-8-4-3-5-10(8)9(2)6-7-11(12)13/h3,5-6,8,10H,4,7H2,1-2H3/b9-6+. The van der Waals surface area contributed by atoms with Gasteiger partial charge in [0.2, 0.25) is 6.54 Å². The Bertz CT molecular complexity index is 256. The van der Waals surface area contributed by atoms with Crippen molar-refractivity contribution in [1.29, 1.82) is 0 Å². The minimum Gasteiger partial charge on any atom is -0.264 e. The van der Waals surface area contributed by atoms with Crippen molar-refractivity contribution in [3.05, 3.63) is 33.9 Å². The highest BCUT2D eigenvalue weighted by Gasteiger charge is 2.19. The second-order valence-corrected chi connectivity index (χ2v) is 3.63. The van der Waals surface area contributed by atoms with Gasteiger partial charge in [0.25, 0.3) is 0 Å². The Morgan fingerprint density at radius 3 is 2.92 bits per heavy atom. The number of hydrogen-bond donors (Lipinski definition) is 0. The summed E-state index contributed by atoms with van der Waals surface area (Å²) in [5.41, 5.74) is 1.12. The first kappa shape index (κ1) is 9.96. The molecular weight excluding hydrogens is 166 g/mol. The molecule has 0 spiro atoms. The molecule has 0 heterocycles. The van der Waals surface area contributed by atoms with Crippen LogP contribution in [0.4, 0.5) is 0 Å². The van der Waals surface area contributed by atoms with E-state index < -0.39 is 0 Å². The lowest BCUT2D eigenvalue weighted by atomic mass is 9.91. The van der Waals surface area contributed by atoms with E-state index in [0.29, 0.717) is 11.8 Å². The fourth-order valence-electron chi connectivity index (χ4n) is 1.73. The number of rotatable bonds is 3. The lowest BCUT2D eigenvalue weighted by molar-refractivity contribution is -0.468. The fourth-order valence-corrected chi connectivity index (χ4v) is 1.73. The molecule has 13 heavy (non-hydrogen) atoms.